The minimum Gasteiger partial charge on any atom is -0.0654 e. The largest absolute Gasteiger partial charge is 0.0654 e. The molecule has 0 rings (SSSR count). The lowest BCUT2D eigenvalue weighted by atomic mass is 9.94. The minimum absolute atomic E-state index is 0.962. The van der Waals surface area contributed by atoms with Crippen LogP contribution in [0.25, 0.3) is 0 Å². The lowest BCUT2D eigenvalue weighted by Crippen LogP contribution is -1.96. The Morgan fingerprint density at radius 1 is 0.237 bits per heavy atom. The van der Waals surface area contributed by atoms with Crippen molar-refractivity contribution in [3.05, 3.63) is 0 Å². The summed E-state index contributed by atoms with van der Waals surface area (Å²) in [6.07, 6.45) is 47.1. The van der Waals surface area contributed by atoms with Crippen LogP contribution >= 0.6 is 0 Å². The van der Waals surface area contributed by atoms with E-state index < -0.39 is 0 Å². The molecule has 0 aromatic heterocycles. The maximum absolute atomic E-state index is 2.51. The summed E-state index contributed by atoms with van der Waals surface area (Å²) in [5.41, 5.74) is 0. The van der Waals surface area contributed by atoms with Crippen molar-refractivity contribution in [3.8, 4) is 0 Å². The van der Waals surface area contributed by atoms with E-state index in [4.69, 9.17) is 0 Å². The molecule has 0 spiro atoms. The molecule has 0 aromatic rings. The monoisotopic (exact) mass is 535 g/mol. The molecule has 0 amide bonds. The zero-order valence-electron chi connectivity index (χ0n) is 27.8. The second kappa shape index (κ2) is 33.2. The summed E-state index contributed by atoms with van der Waals surface area (Å²) in [6, 6.07) is 0. The Bertz CT molecular complexity index is 399. The van der Waals surface area contributed by atoms with Crippen LogP contribution in [0, 0.1) is 11.8 Å². The molecule has 0 aliphatic rings. The Hall–Kier alpha value is 0. The third-order valence-corrected chi connectivity index (χ3v) is 9.24. The van der Waals surface area contributed by atoms with Gasteiger partial charge in [0.15, 0.2) is 0 Å². The van der Waals surface area contributed by atoms with Gasteiger partial charge in [-0.15, -0.1) is 0 Å². The van der Waals surface area contributed by atoms with Gasteiger partial charge in [-0.05, 0) is 11.8 Å². The fourth-order valence-electron chi connectivity index (χ4n) is 6.30. The molecule has 0 saturated heterocycles. The van der Waals surface area contributed by atoms with Crippen molar-refractivity contribution in [1.82, 2.24) is 0 Å². The van der Waals surface area contributed by atoms with E-state index in [9.17, 15) is 0 Å². The first kappa shape index (κ1) is 38.0. The fraction of sp³-hybridized carbons (Fsp3) is 1.00. The van der Waals surface area contributed by atoms with E-state index in [2.05, 4.69) is 27.7 Å². The molecule has 0 saturated carbocycles. The first-order valence-corrected chi connectivity index (χ1v) is 18.7. The predicted molar refractivity (Wildman–Crippen MR) is 177 cm³/mol. The smallest absolute Gasteiger partial charge is 0.0443 e. The van der Waals surface area contributed by atoms with E-state index in [0.717, 1.165) is 11.8 Å². The fourth-order valence-corrected chi connectivity index (χ4v) is 6.30. The molecular formula is C38H78. The number of unbranched alkanes of at least 4 members (excludes halogenated alkanes) is 25. The molecule has 230 valence electrons. The van der Waals surface area contributed by atoms with Gasteiger partial charge in [0.25, 0.3) is 0 Å². The van der Waals surface area contributed by atoms with E-state index >= 15 is 0 Å². The highest BCUT2D eigenvalue weighted by molar-refractivity contribution is 4.58. The summed E-state index contributed by atoms with van der Waals surface area (Å²) in [5.74, 6) is 1.92. The van der Waals surface area contributed by atoms with Crippen molar-refractivity contribution >= 4 is 0 Å². The van der Waals surface area contributed by atoms with E-state index in [0.29, 0.717) is 0 Å². The Balaban J connectivity index is 3.23. The van der Waals surface area contributed by atoms with Crippen LogP contribution in [0.4, 0.5) is 0 Å². The van der Waals surface area contributed by atoms with Gasteiger partial charge in [0.05, 0.1) is 0 Å². The van der Waals surface area contributed by atoms with Gasteiger partial charge in [-0.25, -0.2) is 0 Å². The van der Waals surface area contributed by atoms with Gasteiger partial charge in [-0.3, -0.25) is 0 Å². The maximum Gasteiger partial charge on any atom is -0.0443 e. The SMILES string of the molecule is CCCCCCCCCCCCCCCCC(C)CCCCCCCC(C)CCCCCCCCCCC. The quantitative estimate of drug-likeness (QED) is 0.0734. The molecule has 0 bridgehead atoms. The molecule has 2 atom stereocenters. The molecule has 38 heavy (non-hydrogen) atoms. The summed E-state index contributed by atoms with van der Waals surface area (Å²) in [4.78, 5) is 0. The van der Waals surface area contributed by atoms with Crippen molar-refractivity contribution in [1.29, 1.82) is 0 Å². The Morgan fingerprint density at radius 3 is 0.579 bits per heavy atom. The Kier molecular flexibility index (Phi) is 33.2. The molecule has 0 aliphatic heterocycles. The molecule has 2 unspecified atom stereocenters. The van der Waals surface area contributed by atoms with Gasteiger partial charge in [0.2, 0.25) is 0 Å². The highest BCUT2D eigenvalue weighted by Gasteiger charge is 2.04. The third-order valence-electron chi connectivity index (χ3n) is 9.24. The predicted octanol–water partition coefficient (Wildman–Crippen LogP) is 14.8. The highest BCUT2D eigenvalue weighted by Crippen LogP contribution is 2.21. The molecular weight excluding hydrogens is 456 g/mol. The van der Waals surface area contributed by atoms with Crippen molar-refractivity contribution < 1.29 is 0 Å². The van der Waals surface area contributed by atoms with Crippen molar-refractivity contribution in [2.24, 2.45) is 11.8 Å². The summed E-state index contributed by atoms with van der Waals surface area (Å²) in [5, 5.41) is 0. The highest BCUT2D eigenvalue weighted by atomic mass is 14.1. The van der Waals surface area contributed by atoms with Crippen LogP contribution in [0.5, 0.6) is 0 Å². The minimum atomic E-state index is 0.962. The number of rotatable bonds is 33. The van der Waals surface area contributed by atoms with Crippen LogP contribution < -0.4 is 0 Å². The maximum atomic E-state index is 2.51. The van der Waals surface area contributed by atoms with Crippen molar-refractivity contribution in [2.45, 2.75) is 233 Å². The van der Waals surface area contributed by atoms with Crippen LogP contribution in [0.15, 0.2) is 0 Å². The number of hydrogen-bond acceptors (Lipinski definition) is 0. The zero-order valence-corrected chi connectivity index (χ0v) is 27.8. The molecule has 0 heterocycles. The average molecular weight is 535 g/mol. The standard InChI is InChI=1S/C38H78/c1-5-7-9-11-13-15-16-17-18-19-21-23-26-30-34-38(4)36-32-28-24-27-31-35-37(3)33-29-25-22-20-14-12-10-8-6-2/h37-38H,5-36H2,1-4H3. The summed E-state index contributed by atoms with van der Waals surface area (Å²) < 4.78 is 0. The lowest BCUT2D eigenvalue weighted by molar-refractivity contribution is 0.416. The van der Waals surface area contributed by atoms with E-state index in [1.54, 1.807) is 0 Å². The second-order valence-corrected chi connectivity index (χ2v) is 13.6. The summed E-state index contributed by atoms with van der Waals surface area (Å²) in [7, 11) is 0. The van der Waals surface area contributed by atoms with Crippen LogP contribution in [-0.2, 0) is 0 Å². The van der Waals surface area contributed by atoms with E-state index in [1.807, 2.05) is 0 Å². The van der Waals surface area contributed by atoms with Gasteiger partial charge in [0, 0.05) is 0 Å². The van der Waals surface area contributed by atoms with Crippen LogP contribution in [0.3, 0.4) is 0 Å². The second-order valence-electron chi connectivity index (χ2n) is 13.6. The number of hydrogen-bond donors (Lipinski definition) is 0. The van der Waals surface area contributed by atoms with Crippen LogP contribution in [0.2, 0.25) is 0 Å². The summed E-state index contributed by atoms with van der Waals surface area (Å²) in [6.45, 7) is 9.63. The molecule has 0 heteroatoms. The van der Waals surface area contributed by atoms with Gasteiger partial charge in [-0.2, -0.15) is 0 Å². The lowest BCUT2D eigenvalue weighted by Gasteiger charge is -2.12. The molecule has 0 aliphatic carbocycles. The van der Waals surface area contributed by atoms with Crippen LogP contribution in [-0.4, -0.2) is 0 Å². The molecule has 0 N–H and O–H groups in total. The topological polar surface area (TPSA) is 0 Å². The van der Waals surface area contributed by atoms with Gasteiger partial charge in [0.1, 0.15) is 0 Å². The average Bonchev–Trinajstić information content (AvgIpc) is 2.91. The van der Waals surface area contributed by atoms with Crippen molar-refractivity contribution in [3.63, 3.8) is 0 Å². The van der Waals surface area contributed by atoms with Gasteiger partial charge >= 0.3 is 0 Å². The normalized spacial score (nSPS) is 13.3. The van der Waals surface area contributed by atoms with Crippen LogP contribution in [0.1, 0.15) is 233 Å². The third kappa shape index (κ3) is 32.2. The molecule has 0 fully saturated rings. The van der Waals surface area contributed by atoms with Gasteiger partial charge < -0.3 is 0 Å². The Morgan fingerprint density at radius 2 is 0.395 bits per heavy atom. The first-order valence-electron chi connectivity index (χ1n) is 18.7. The van der Waals surface area contributed by atoms with E-state index in [1.165, 1.54) is 205 Å². The van der Waals surface area contributed by atoms with E-state index in [-0.39, 0.29) is 0 Å². The first-order chi connectivity index (χ1) is 18.7. The Labute approximate surface area is 244 Å². The van der Waals surface area contributed by atoms with Gasteiger partial charge in [-0.1, -0.05) is 233 Å². The molecule has 0 nitrogen and oxygen atoms in total. The van der Waals surface area contributed by atoms with Crippen molar-refractivity contribution in [2.75, 3.05) is 0 Å². The zero-order chi connectivity index (χ0) is 27.8. The summed E-state index contributed by atoms with van der Waals surface area (Å²) >= 11 is 0. The molecule has 0 radical (unpaired) electrons. The molecule has 0 aromatic carbocycles.